The number of rotatable bonds is 5. The normalized spacial score (nSPS) is 11.2. The van der Waals surface area contributed by atoms with Crippen molar-refractivity contribution < 1.29 is 22.0 Å². The molecule has 0 spiro atoms. The van der Waals surface area contributed by atoms with Crippen LogP contribution in [0.2, 0.25) is 5.02 Å². The molecule has 9 heteroatoms. The zero-order valence-electron chi connectivity index (χ0n) is 15.7. The number of carbonyl (C=O) groups excluding carboxylic acids is 1. The van der Waals surface area contributed by atoms with Gasteiger partial charge in [-0.25, -0.2) is 22.0 Å². The van der Waals surface area contributed by atoms with Crippen molar-refractivity contribution in [2.24, 2.45) is 0 Å². The first-order valence-corrected chi connectivity index (χ1v) is 10.8. The van der Waals surface area contributed by atoms with E-state index in [0.717, 1.165) is 12.1 Å². The monoisotopic (exact) mass is 450 g/mol. The lowest BCUT2D eigenvalue weighted by atomic mass is 10.2. The summed E-state index contributed by atoms with van der Waals surface area (Å²) < 4.78 is 52.4. The van der Waals surface area contributed by atoms with Gasteiger partial charge in [0, 0.05) is 16.8 Å². The Kier molecular flexibility index (Phi) is 6.38. The zero-order chi connectivity index (χ0) is 21.9. The zero-order valence-corrected chi connectivity index (χ0v) is 17.3. The summed E-state index contributed by atoms with van der Waals surface area (Å²) in [5.41, 5.74) is 1.08. The van der Waals surface area contributed by atoms with Gasteiger partial charge < -0.3 is 10.6 Å². The van der Waals surface area contributed by atoms with Gasteiger partial charge in [-0.1, -0.05) is 29.8 Å². The molecular weight excluding hydrogens is 434 g/mol. The Labute approximate surface area is 177 Å². The number of hydrogen-bond donors (Lipinski definition) is 2. The first-order chi connectivity index (χ1) is 14.1. The quantitative estimate of drug-likeness (QED) is 0.535. The molecule has 3 aromatic carbocycles. The lowest BCUT2D eigenvalue weighted by Gasteiger charge is -2.12. The maximum atomic E-state index is 13.7. The lowest BCUT2D eigenvalue weighted by molar-refractivity contribution is 0.262. The highest BCUT2D eigenvalue weighted by Crippen LogP contribution is 2.25. The first kappa shape index (κ1) is 21.7. The van der Waals surface area contributed by atoms with Crippen LogP contribution in [0.5, 0.6) is 0 Å². The summed E-state index contributed by atoms with van der Waals surface area (Å²) in [6.45, 7) is 1.65. The minimum absolute atomic E-state index is 0.0585. The molecule has 0 saturated heterocycles. The fraction of sp³-hybridized carbons (Fsp3) is 0.0952. The molecule has 0 bridgehead atoms. The summed E-state index contributed by atoms with van der Waals surface area (Å²) in [5.74, 6) is -1.94. The van der Waals surface area contributed by atoms with Crippen molar-refractivity contribution in [1.29, 1.82) is 0 Å². The third-order valence-corrected chi connectivity index (χ3v) is 6.31. The topological polar surface area (TPSA) is 75.3 Å². The van der Waals surface area contributed by atoms with Crippen LogP contribution in [0.1, 0.15) is 11.1 Å². The number of benzene rings is 3. The van der Waals surface area contributed by atoms with E-state index in [1.165, 1.54) is 12.1 Å². The van der Waals surface area contributed by atoms with Crippen molar-refractivity contribution in [3.63, 3.8) is 0 Å². The average molecular weight is 451 g/mol. The van der Waals surface area contributed by atoms with Gasteiger partial charge in [0.15, 0.2) is 9.84 Å². The Bertz CT molecular complexity index is 1200. The number of aryl methyl sites for hydroxylation is 1. The van der Waals surface area contributed by atoms with E-state index in [4.69, 9.17) is 11.6 Å². The van der Waals surface area contributed by atoms with Crippen LogP contribution >= 0.6 is 11.6 Å². The van der Waals surface area contributed by atoms with E-state index in [1.807, 2.05) is 0 Å². The Hall–Kier alpha value is -2.97. The van der Waals surface area contributed by atoms with Crippen molar-refractivity contribution in [3.05, 3.63) is 88.4 Å². The van der Waals surface area contributed by atoms with E-state index in [9.17, 15) is 22.0 Å². The second kappa shape index (κ2) is 8.81. The Balaban J connectivity index is 1.78. The SMILES string of the molecule is Cc1ccc(NC(=O)Nc2ccc(F)cc2F)cc1S(=O)(=O)Cc1ccc(Cl)cc1. The van der Waals surface area contributed by atoms with Crippen molar-refractivity contribution in [2.45, 2.75) is 17.6 Å². The maximum Gasteiger partial charge on any atom is 0.323 e. The lowest BCUT2D eigenvalue weighted by Crippen LogP contribution is -2.20. The smallest absolute Gasteiger partial charge is 0.308 e. The molecule has 3 rings (SSSR count). The van der Waals surface area contributed by atoms with E-state index in [-0.39, 0.29) is 22.0 Å². The number of halogens is 3. The molecule has 0 aromatic heterocycles. The van der Waals surface area contributed by atoms with E-state index in [1.54, 1.807) is 37.3 Å². The molecule has 0 saturated carbocycles. The number of anilines is 2. The van der Waals surface area contributed by atoms with Crippen LogP contribution < -0.4 is 10.6 Å². The standard InChI is InChI=1S/C21H17ClF2N2O3S/c1-13-2-8-17(25-21(27)26-19-9-7-16(23)10-18(19)24)11-20(13)30(28,29)12-14-3-5-15(22)6-4-14/h2-11H,12H2,1H3,(H2,25,26,27). The first-order valence-electron chi connectivity index (χ1n) is 8.75. The predicted octanol–water partition coefficient (Wildman–Crippen LogP) is 5.54. The molecule has 0 heterocycles. The van der Waals surface area contributed by atoms with Gasteiger partial charge in [-0.3, -0.25) is 0 Å². The van der Waals surface area contributed by atoms with Gasteiger partial charge >= 0.3 is 6.03 Å². The van der Waals surface area contributed by atoms with Crippen LogP contribution in [0.3, 0.4) is 0 Å². The van der Waals surface area contributed by atoms with Crippen LogP contribution in [-0.2, 0) is 15.6 Å². The summed E-state index contributed by atoms with van der Waals surface area (Å²) in [5, 5.41) is 5.20. The second-order valence-corrected chi connectivity index (χ2v) is 8.96. The fourth-order valence-corrected chi connectivity index (χ4v) is 4.54. The maximum absolute atomic E-state index is 13.7. The Morgan fingerprint density at radius 3 is 2.33 bits per heavy atom. The highest BCUT2D eigenvalue weighted by atomic mass is 35.5. The molecule has 0 unspecified atom stereocenters. The van der Waals surface area contributed by atoms with Gasteiger partial charge in [-0.2, -0.15) is 0 Å². The van der Waals surface area contributed by atoms with Crippen molar-refractivity contribution >= 4 is 38.8 Å². The molecule has 5 nitrogen and oxygen atoms in total. The second-order valence-electron chi connectivity index (χ2n) is 6.57. The van der Waals surface area contributed by atoms with Crippen LogP contribution in [0, 0.1) is 18.6 Å². The highest BCUT2D eigenvalue weighted by Gasteiger charge is 2.19. The molecule has 156 valence electrons. The summed E-state index contributed by atoms with van der Waals surface area (Å²) >= 11 is 5.83. The largest absolute Gasteiger partial charge is 0.323 e. The Morgan fingerprint density at radius 1 is 0.967 bits per heavy atom. The van der Waals surface area contributed by atoms with Gasteiger partial charge in [0.2, 0.25) is 0 Å². The molecular formula is C21H17ClF2N2O3S. The van der Waals surface area contributed by atoms with E-state index < -0.39 is 27.5 Å². The van der Waals surface area contributed by atoms with Crippen molar-refractivity contribution in [2.75, 3.05) is 10.6 Å². The number of nitrogens with one attached hydrogen (secondary N) is 2. The summed E-state index contributed by atoms with van der Waals surface area (Å²) in [6.07, 6.45) is 0. The molecule has 0 atom stereocenters. The molecule has 0 aliphatic carbocycles. The number of carbonyl (C=O) groups is 1. The van der Waals surface area contributed by atoms with Gasteiger partial charge in [-0.15, -0.1) is 0 Å². The molecule has 0 aliphatic rings. The minimum atomic E-state index is -3.70. The molecule has 0 fully saturated rings. The minimum Gasteiger partial charge on any atom is -0.308 e. The number of amides is 2. The Morgan fingerprint density at radius 2 is 1.67 bits per heavy atom. The predicted molar refractivity (Wildman–Crippen MR) is 113 cm³/mol. The van der Waals surface area contributed by atoms with E-state index in [2.05, 4.69) is 10.6 Å². The fourth-order valence-electron chi connectivity index (χ4n) is 2.77. The van der Waals surface area contributed by atoms with Crippen molar-refractivity contribution in [1.82, 2.24) is 0 Å². The molecule has 3 aromatic rings. The van der Waals surface area contributed by atoms with Gasteiger partial charge in [0.25, 0.3) is 0 Å². The van der Waals surface area contributed by atoms with E-state index >= 15 is 0 Å². The van der Waals surface area contributed by atoms with Gasteiger partial charge in [0.1, 0.15) is 11.6 Å². The molecule has 30 heavy (non-hydrogen) atoms. The third kappa shape index (κ3) is 5.34. The molecule has 0 aliphatic heterocycles. The van der Waals surface area contributed by atoms with E-state index in [0.29, 0.717) is 22.2 Å². The van der Waals surface area contributed by atoms with Crippen LogP contribution in [-0.4, -0.2) is 14.4 Å². The molecule has 2 amide bonds. The number of urea groups is 1. The average Bonchev–Trinajstić information content (AvgIpc) is 2.67. The summed E-state index contributed by atoms with van der Waals surface area (Å²) in [6, 6.07) is 12.8. The van der Waals surface area contributed by atoms with Gasteiger partial charge in [-0.05, 0) is 54.4 Å². The van der Waals surface area contributed by atoms with Crippen LogP contribution in [0.25, 0.3) is 0 Å². The number of sulfone groups is 1. The summed E-state index contributed by atoms with van der Waals surface area (Å²) in [4.78, 5) is 12.2. The molecule has 2 N–H and O–H groups in total. The van der Waals surface area contributed by atoms with Crippen LogP contribution in [0.15, 0.2) is 65.6 Å². The molecule has 0 radical (unpaired) electrons. The third-order valence-electron chi connectivity index (χ3n) is 4.23. The van der Waals surface area contributed by atoms with Crippen molar-refractivity contribution in [3.8, 4) is 0 Å². The van der Waals surface area contributed by atoms with Crippen LogP contribution in [0.4, 0.5) is 25.0 Å². The number of hydrogen-bond acceptors (Lipinski definition) is 3. The summed E-state index contributed by atoms with van der Waals surface area (Å²) in [7, 11) is -3.70. The highest BCUT2D eigenvalue weighted by molar-refractivity contribution is 7.90. The van der Waals surface area contributed by atoms with Gasteiger partial charge in [0.05, 0.1) is 16.3 Å².